The summed E-state index contributed by atoms with van der Waals surface area (Å²) in [5, 5.41) is 6.50. The summed E-state index contributed by atoms with van der Waals surface area (Å²) in [4.78, 5) is 12.2. The van der Waals surface area contributed by atoms with Crippen LogP contribution in [0.3, 0.4) is 0 Å². The molecular formula is C26H32F3N3O3S. The first-order chi connectivity index (χ1) is 17.0. The molecule has 1 fully saturated rings. The Hall–Kier alpha value is -2.43. The van der Waals surface area contributed by atoms with Gasteiger partial charge in [0.15, 0.2) is 0 Å². The van der Waals surface area contributed by atoms with E-state index in [0.29, 0.717) is 6.07 Å². The molecule has 1 saturated carbocycles. The third kappa shape index (κ3) is 7.08. The Kier molecular flexibility index (Phi) is 8.06. The molecule has 0 radical (unpaired) electrons. The van der Waals surface area contributed by atoms with Gasteiger partial charge in [-0.3, -0.25) is 4.79 Å². The van der Waals surface area contributed by atoms with Crippen molar-refractivity contribution >= 4 is 15.9 Å². The van der Waals surface area contributed by atoms with E-state index in [4.69, 9.17) is 0 Å². The number of hydrogen-bond donors (Lipinski definition) is 3. The van der Waals surface area contributed by atoms with Crippen molar-refractivity contribution in [3.8, 4) is 0 Å². The SMILES string of the molecule is C[C@@H](CC(=O)N[C@@H]1CCCc2cc(CNCC3CC3)ccc21)NS(=O)(=O)c1cccc(C(F)(F)F)c1. The van der Waals surface area contributed by atoms with Crippen LogP contribution in [0.1, 0.15) is 67.3 Å². The summed E-state index contributed by atoms with van der Waals surface area (Å²) in [6.07, 6.45) is 0.518. The number of sulfonamides is 1. The second kappa shape index (κ2) is 10.9. The minimum absolute atomic E-state index is 0.132. The topological polar surface area (TPSA) is 87.3 Å². The van der Waals surface area contributed by atoms with Gasteiger partial charge in [-0.15, -0.1) is 0 Å². The van der Waals surface area contributed by atoms with E-state index in [9.17, 15) is 26.4 Å². The standard InChI is InChI=1S/C26H32F3N3O3S/c1-17(32-36(34,35)22-6-3-5-21(14-22)26(27,28)29)12-25(33)31-24-7-2-4-20-13-19(10-11-23(20)24)16-30-15-18-8-9-18/h3,5-6,10-11,13-14,17-18,24,30,32H,2,4,7-9,12,15-16H2,1H3,(H,31,33)/t17-,24+/m0/s1. The maximum absolute atomic E-state index is 13.0. The summed E-state index contributed by atoms with van der Waals surface area (Å²) >= 11 is 0. The molecule has 36 heavy (non-hydrogen) atoms. The predicted octanol–water partition coefficient (Wildman–Crippen LogP) is 4.46. The van der Waals surface area contributed by atoms with Gasteiger partial charge in [-0.1, -0.05) is 24.3 Å². The van der Waals surface area contributed by atoms with Crippen LogP contribution in [-0.2, 0) is 34.0 Å². The maximum atomic E-state index is 13.0. The van der Waals surface area contributed by atoms with Crippen molar-refractivity contribution in [2.75, 3.05) is 6.54 Å². The zero-order valence-electron chi connectivity index (χ0n) is 20.2. The normalized spacial score (nSPS) is 18.9. The predicted molar refractivity (Wildman–Crippen MR) is 131 cm³/mol. The Balaban J connectivity index is 1.33. The summed E-state index contributed by atoms with van der Waals surface area (Å²) in [6, 6.07) is 8.93. The average molecular weight is 524 g/mol. The number of halogens is 3. The van der Waals surface area contributed by atoms with E-state index >= 15 is 0 Å². The smallest absolute Gasteiger partial charge is 0.349 e. The molecule has 0 heterocycles. The van der Waals surface area contributed by atoms with Gasteiger partial charge in [0.25, 0.3) is 0 Å². The van der Waals surface area contributed by atoms with Gasteiger partial charge in [0.2, 0.25) is 15.9 Å². The molecule has 0 saturated heterocycles. The summed E-state index contributed by atoms with van der Waals surface area (Å²) < 4.78 is 66.4. The van der Waals surface area contributed by atoms with Crippen LogP contribution in [0.2, 0.25) is 0 Å². The lowest BCUT2D eigenvalue weighted by molar-refractivity contribution is -0.137. The van der Waals surface area contributed by atoms with Crippen LogP contribution >= 0.6 is 0 Å². The lowest BCUT2D eigenvalue weighted by Crippen LogP contribution is -2.39. The van der Waals surface area contributed by atoms with E-state index < -0.39 is 32.7 Å². The average Bonchev–Trinajstić information content (AvgIpc) is 3.62. The summed E-state index contributed by atoms with van der Waals surface area (Å²) in [6.45, 7) is 3.39. The number of fused-ring (bicyclic) bond motifs is 1. The molecule has 0 spiro atoms. The maximum Gasteiger partial charge on any atom is 0.416 e. The fraction of sp³-hybridized carbons (Fsp3) is 0.500. The summed E-state index contributed by atoms with van der Waals surface area (Å²) in [5.74, 6) is 0.501. The third-order valence-corrected chi connectivity index (χ3v) is 8.22. The second-order valence-electron chi connectivity index (χ2n) is 9.87. The Morgan fingerprint density at radius 1 is 1.11 bits per heavy atom. The van der Waals surface area contributed by atoms with Crippen LogP contribution in [0.5, 0.6) is 0 Å². The minimum atomic E-state index is -4.65. The molecule has 2 atom stereocenters. The molecule has 196 valence electrons. The van der Waals surface area contributed by atoms with E-state index in [1.807, 2.05) is 0 Å². The molecule has 2 aliphatic carbocycles. The Morgan fingerprint density at radius 2 is 1.89 bits per heavy atom. The second-order valence-corrected chi connectivity index (χ2v) is 11.6. The molecular weight excluding hydrogens is 491 g/mol. The highest BCUT2D eigenvalue weighted by Crippen LogP contribution is 2.32. The number of carbonyl (C=O) groups excluding carboxylic acids is 1. The van der Waals surface area contributed by atoms with E-state index in [1.165, 1.54) is 30.9 Å². The zero-order chi connectivity index (χ0) is 25.9. The number of nitrogens with one attached hydrogen (secondary N) is 3. The van der Waals surface area contributed by atoms with Crippen LogP contribution in [0.4, 0.5) is 13.2 Å². The van der Waals surface area contributed by atoms with Crippen LogP contribution in [0, 0.1) is 5.92 Å². The molecule has 2 aliphatic rings. The molecule has 0 unspecified atom stereocenters. The van der Waals surface area contributed by atoms with Gasteiger partial charge in [-0.05, 0) is 86.4 Å². The Bertz CT molecular complexity index is 1200. The molecule has 6 nitrogen and oxygen atoms in total. The van der Waals surface area contributed by atoms with Gasteiger partial charge < -0.3 is 10.6 Å². The molecule has 0 aromatic heterocycles. The number of alkyl halides is 3. The molecule has 4 rings (SSSR count). The highest BCUT2D eigenvalue weighted by molar-refractivity contribution is 7.89. The Morgan fingerprint density at radius 3 is 2.61 bits per heavy atom. The molecule has 2 aromatic carbocycles. The van der Waals surface area contributed by atoms with Crippen molar-refractivity contribution in [2.24, 2.45) is 5.92 Å². The van der Waals surface area contributed by atoms with Crippen molar-refractivity contribution < 1.29 is 26.4 Å². The van der Waals surface area contributed by atoms with Crippen molar-refractivity contribution in [1.82, 2.24) is 15.4 Å². The number of amides is 1. The van der Waals surface area contributed by atoms with Gasteiger partial charge in [-0.25, -0.2) is 13.1 Å². The lowest BCUT2D eigenvalue weighted by atomic mass is 9.86. The summed E-state index contributed by atoms with van der Waals surface area (Å²) in [5.41, 5.74) is 2.47. The van der Waals surface area contributed by atoms with E-state index in [-0.39, 0.29) is 18.4 Å². The third-order valence-electron chi connectivity index (χ3n) is 6.64. The van der Waals surface area contributed by atoms with Gasteiger partial charge in [0.1, 0.15) is 0 Å². The van der Waals surface area contributed by atoms with Crippen LogP contribution in [-0.4, -0.2) is 26.9 Å². The first-order valence-electron chi connectivity index (χ1n) is 12.3. The summed E-state index contributed by atoms with van der Waals surface area (Å²) in [7, 11) is -4.22. The van der Waals surface area contributed by atoms with Gasteiger partial charge >= 0.3 is 6.18 Å². The number of rotatable bonds is 10. The monoisotopic (exact) mass is 523 g/mol. The minimum Gasteiger partial charge on any atom is -0.349 e. The van der Waals surface area contributed by atoms with Crippen molar-refractivity contribution in [1.29, 1.82) is 0 Å². The first kappa shape index (κ1) is 26.6. The fourth-order valence-corrected chi connectivity index (χ4v) is 5.90. The molecule has 10 heteroatoms. The molecule has 0 aliphatic heterocycles. The number of benzene rings is 2. The Labute approximate surface area is 210 Å². The highest BCUT2D eigenvalue weighted by Gasteiger charge is 2.32. The van der Waals surface area contributed by atoms with Crippen LogP contribution in [0.25, 0.3) is 0 Å². The number of aryl methyl sites for hydroxylation is 1. The van der Waals surface area contributed by atoms with Crippen molar-refractivity contribution in [2.45, 2.75) is 75.1 Å². The van der Waals surface area contributed by atoms with E-state index in [1.54, 1.807) is 0 Å². The molecule has 3 N–H and O–H groups in total. The van der Waals surface area contributed by atoms with Crippen molar-refractivity contribution in [3.63, 3.8) is 0 Å². The quantitative estimate of drug-likeness (QED) is 0.429. The van der Waals surface area contributed by atoms with Crippen molar-refractivity contribution in [3.05, 3.63) is 64.7 Å². The van der Waals surface area contributed by atoms with Crippen LogP contribution in [0.15, 0.2) is 47.4 Å². The highest BCUT2D eigenvalue weighted by atomic mass is 32.2. The number of hydrogen-bond acceptors (Lipinski definition) is 4. The first-order valence-corrected chi connectivity index (χ1v) is 13.8. The van der Waals surface area contributed by atoms with Gasteiger partial charge in [-0.2, -0.15) is 13.2 Å². The van der Waals surface area contributed by atoms with E-state index in [0.717, 1.165) is 62.0 Å². The largest absolute Gasteiger partial charge is 0.416 e. The van der Waals surface area contributed by atoms with Crippen LogP contribution < -0.4 is 15.4 Å². The van der Waals surface area contributed by atoms with E-state index in [2.05, 4.69) is 33.6 Å². The number of carbonyl (C=O) groups is 1. The van der Waals surface area contributed by atoms with Gasteiger partial charge in [0.05, 0.1) is 16.5 Å². The molecule has 0 bridgehead atoms. The lowest BCUT2D eigenvalue weighted by Gasteiger charge is -2.27. The van der Waals surface area contributed by atoms with Gasteiger partial charge in [0, 0.05) is 19.0 Å². The molecule has 1 amide bonds. The molecule has 2 aromatic rings. The fourth-order valence-electron chi connectivity index (χ4n) is 4.62. The zero-order valence-corrected chi connectivity index (χ0v) is 21.0.